The summed E-state index contributed by atoms with van der Waals surface area (Å²) in [5.74, 6) is 1.36. The lowest BCUT2D eigenvalue weighted by Gasteiger charge is -2.34. The fraction of sp³-hybridized carbons (Fsp3) is 0.733. The molecule has 0 radical (unpaired) electrons. The number of hydrogen-bond acceptors (Lipinski definition) is 5. The third-order valence-corrected chi connectivity index (χ3v) is 4.28. The zero-order valence-electron chi connectivity index (χ0n) is 13.1. The quantitative estimate of drug-likeness (QED) is 0.893. The van der Waals surface area contributed by atoms with Gasteiger partial charge in [0.2, 0.25) is 0 Å². The van der Waals surface area contributed by atoms with Crippen LogP contribution >= 0.6 is 0 Å². The minimum Gasteiger partial charge on any atom is -0.381 e. The van der Waals surface area contributed by atoms with Crippen LogP contribution in [0, 0.1) is 12.8 Å². The predicted octanol–water partition coefficient (Wildman–Crippen LogP) is 0.847. The molecule has 0 aliphatic carbocycles. The maximum atomic E-state index is 12.2. The van der Waals surface area contributed by atoms with Gasteiger partial charge in [-0.05, 0) is 13.3 Å². The Kier molecular flexibility index (Phi) is 4.94. The number of urea groups is 1. The zero-order valence-corrected chi connectivity index (χ0v) is 13.1. The van der Waals surface area contributed by atoms with Crippen LogP contribution in [0.4, 0.5) is 4.79 Å². The van der Waals surface area contributed by atoms with Crippen molar-refractivity contribution in [3.8, 4) is 0 Å². The normalized spacial score (nSPS) is 23.0. The molecule has 0 saturated carbocycles. The number of aromatic nitrogens is 1. The van der Waals surface area contributed by atoms with Crippen LogP contribution in [-0.4, -0.2) is 66.9 Å². The van der Waals surface area contributed by atoms with Crippen molar-refractivity contribution in [2.75, 3.05) is 45.9 Å². The van der Waals surface area contributed by atoms with Crippen LogP contribution in [0.2, 0.25) is 0 Å². The summed E-state index contributed by atoms with van der Waals surface area (Å²) in [5, 5.41) is 6.92. The van der Waals surface area contributed by atoms with Crippen LogP contribution in [-0.2, 0) is 11.3 Å². The van der Waals surface area contributed by atoms with Gasteiger partial charge in [-0.3, -0.25) is 4.90 Å². The number of piperazine rings is 1. The van der Waals surface area contributed by atoms with E-state index in [1.54, 1.807) is 0 Å². The van der Waals surface area contributed by atoms with E-state index in [1.807, 2.05) is 17.9 Å². The average molecular weight is 308 g/mol. The van der Waals surface area contributed by atoms with Gasteiger partial charge in [-0.1, -0.05) is 5.16 Å². The molecule has 1 N–H and O–H groups in total. The van der Waals surface area contributed by atoms with Crippen molar-refractivity contribution in [2.45, 2.75) is 19.9 Å². The molecule has 1 aromatic heterocycles. The van der Waals surface area contributed by atoms with Crippen LogP contribution in [0.1, 0.15) is 17.9 Å². The Morgan fingerprint density at radius 3 is 2.86 bits per heavy atom. The predicted molar refractivity (Wildman–Crippen MR) is 80.4 cm³/mol. The number of rotatable bonds is 4. The molecule has 122 valence electrons. The Balaban J connectivity index is 1.38. The van der Waals surface area contributed by atoms with Crippen LogP contribution in [0.15, 0.2) is 10.6 Å². The second-order valence-electron chi connectivity index (χ2n) is 6.11. The van der Waals surface area contributed by atoms with Gasteiger partial charge in [0.15, 0.2) is 5.76 Å². The van der Waals surface area contributed by atoms with Gasteiger partial charge < -0.3 is 19.5 Å². The highest BCUT2D eigenvalue weighted by Gasteiger charge is 2.23. The van der Waals surface area contributed by atoms with E-state index < -0.39 is 0 Å². The van der Waals surface area contributed by atoms with Crippen molar-refractivity contribution in [2.24, 2.45) is 5.92 Å². The fourth-order valence-corrected chi connectivity index (χ4v) is 2.91. The molecule has 3 rings (SSSR count). The van der Waals surface area contributed by atoms with Crippen LogP contribution < -0.4 is 5.32 Å². The minimum atomic E-state index is 0.0436. The highest BCUT2D eigenvalue weighted by Crippen LogP contribution is 2.12. The highest BCUT2D eigenvalue weighted by molar-refractivity contribution is 5.74. The molecule has 2 fully saturated rings. The first-order chi connectivity index (χ1) is 10.7. The number of nitrogens with one attached hydrogen (secondary N) is 1. The zero-order chi connectivity index (χ0) is 15.4. The standard InChI is InChI=1S/C15H24N4O3/c1-12-8-14(22-17-12)10-18-3-5-19(6-4-18)15(20)16-9-13-2-7-21-11-13/h8,13H,2-7,9-11H2,1H3,(H,16,20)/t13-/m0/s1. The summed E-state index contributed by atoms with van der Waals surface area (Å²) in [7, 11) is 0. The molecule has 1 aromatic rings. The summed E-state index contributed by atoms with van der Waals surface area (Å²) < 4.78 is 10.6. The molecule has 1 atom stereocenters. The van der Waals surface area contributed by atoms with Crippen LogP contribution in [0.5, 0.6) is 0 Å². The number of carbonyl (C=O) groups is 1. The molecular weight excluding hydrogens is 284 g/mol. The lowest BCUT2D eigenvalue weighted by atomic mass is 10.1. The number of hydrogen-bond donors (Lipinski definition) is 1. The molecule has 0 spiro atoms. The van der Waals surface area contributed by atoms with E-state index in [-0.39, 0.29) is 6.03 Å². The van der Waals surface area contributed by atoms with E-state index in [2.05, 4.69) is 15.4 Å². The number of ether oxygens (including phenoxy) is 1. The van der Waals surface area contributed by atoms with Crippen molar-refractivity contribution in [3.63, 3.8) is 0 Å². The Morgan fingerprint density at radius 2 is 2.23 bits per heavy atom. The lowest BCUT2D eigenvalue weighted by molar-refractivity contribution is 0.127. The van der Waals surface area contributed by atoms with Gasteiger partial charge in [0.05, 0.1) is 18.8 Å². The maximum absolute atomic E-state index is 12.2. The van der Waals surface area contributed by atoms with Gasteiger partial charge in [-0.15, -0.1) is 0 Å². The van der Waals surface area contributed by atoms with Gasteiger partial charge in [-0.25, -0.2) is 4.79 Å². The number of amides is 2. The second-order valence-corrected chi connectivity index (χ2v) is 6.11. The van der Waals surface area contributed by atoms with Gasteiger partial charge >= 0.3 is 6.03 Å². The third-order valence-electron chi connectivity index (χ3n) is 4.28. The van der Waals surface area contributed by atoms with E-state index in [1.165, 1.54) is 0 Å². The van der Waals surface area contributed by atoms with Crippen molar-refractivity contribution >= 4 is 6.03 Å². The van der Waals surface area contributed by atoms with E-state index in [0.29, 0.717) is 5.92 Å². The summed E-state index contributed by atoms with van der Waals surface area (Å²) in [6.07, 6.45) is 1.05. The average Bonchev–Trinajstić information content (AvgIpc) is 3.17. The number of carbonyl (C=O) groups excluding carboxylic acids is 1. The van der Waals surface area contributed by atoms with E-state index in [0.717, 1.165) is 70.4 Å². The first kappa shape index (κ1) is 15.3. The topological polar surface area (TPSA) is 70.8 Å². The SMILES string of the molecule is Cc1cc(CN2CCN(C(=O)NC[C@@H]3CCOC3)CC2)on1. The van der Waals surface area contributed by atoms with E-state index in [9.17, 15) is 4.79 Å². The summed E-state index contributed by atoms with van der Waals surface area (Å²) in [5.41, 5.74) is 0.906. The van der Waals surface area contributed by atoms with Crippen molar-refractivity contribution < 1.29 is 14.1 Å². The van der Waals surface area contributed by atoms with Crippen LogP contribution in [0.3, 0.4) is 0 Å². The Morgan fingerprint density at radius 1 is 1.41 bits per heavy atom. The summed E-state index contributed by atoms with van der Waals surface area (Å²) >= 11 is 0. The van der Waals surface area contributed by atoms with Crippen molar-refractivity contribution in [1.82, 2.24) is 20.3 Å². The smallest absolute Gasteiger partial charge is 0.317 e. The molecule has 7 heteroatoms. The molecule has 2 saturated heterocycles. The number of aryl methyl sites for hydroxylation is 1. The van der Waals surface area contributed by atoms with Gasteiger partial charge in [-0.2, -0.15) is 0 Å². The van der Waals surface area contributed by atoms with E-state index in [4.69, 9.17) is 9.26 Å². The highest BCUT2D eigenvalue weighted by atomic mass is 16.5. The summed E-state index contributed by atoms with van der Waals surface area (Å²) in [4.78, 5) is 16.3. The van der Waals surface area contributed by atoms with E-state index >= 15 is 0 Å². The molecule has 2 amide bonds. The van der Waals surface area contributed by atoms with Gasteiger partial charge in [0, 0.05) is 51.3 Å². The molecule has 0 bridgehead atoms. The molecule has 7 nitrogen and oxygen atoms in total. The molecule has 0 aromatic carbocycles. The fourth-order valence-electron chi connectivity index (χ4n) is 2.91. The molecule has 2 aliphatic heterocycles. The first-order valence-electron chi connectivity index (χ1n) is 7.96. The Labute approximate surface area is 130 Å². The molecule has 0 unspecified atom stereocenters. The Hall–Kier alpha value is -1.60. The third kappa shape index (κ3) is 3.98. The molecule has 22 heavy (non-hydrogen) atoms. The monoisotopic (exact) mass is 308 g/mol. The maximum Gasteiger partial charge on any atom is 0.317 e. The minimum absolute atomic E-state index is 0.0436. The van der Waals surface area contributed by atoms with Gasteiger partial charge in [0.25, 0.3) is 0 Å². The van der Waals surface area contributed by atoms with Gasteiger partial charge in [0.1, 0.15) is 0 Å². The molecular formula is C15H24N4O3. The second kappa shape index (κ2) is 7.11. The lowest BCUT2D eigenvalue weighted by Crippen LogP contribution is -2.52. The molecule has 2 aliphatic rings. The Bertz CT molecular complexity index is 491. The van der Waals surface area contributed by atoms with Crippen LogP contribution in [0.25, 0.3) is 0 Å². The van der Waals surface area contributed by atoms with Crippen molar-refractivity contribution in [3.05, 3.63) is 17.5 Å². The summed E-state index contributed by atoms with van der Waals surface area (Å²) in [6, 6.07) is 2.00. The summed E-state index contributed by atoms with van der Waals surface area (Å²) in [6.45, 7) is 8.21. The molecule has 3 heterocycles. The largest absolute Gasteiger partial charge is 0.381 e. The van der Waals surface area contributed by atoms with Crippen molar-refractivity contribution in [1.29, 1.82) is 0 Å². The number of nitrogens with zero attached hydrogens (tertiary/aromatic N) is 3. The first-order valence-corrected chi connectivity index (χ1v) is 7.96.